The number of hydrogen-bond acceptors (Lipinski definition) is 4. The number of hydrogen-bond donors (Lipinski definition) is 1. The molecule has 1 N–H and O–H groups in total. The zero-order valence-corrected chi connectivity index (χ0v) is 13.0. The van der Waals surface area contributed by atoms with Crippen LogP contribution in [0.2, 0.25) is 0 Å². The van der Waals surface area contributed by atoms with E-state index in [2.05, 4.69) is 5.32 Å². The Hall–Kier alpha value is -1.88. The van der Waals surface area contributed by atoms with Crippen molar-refractivity contribution < 1.29 is 14.3 Å². The van der Waals surface area contributed by atoms with E-state index < -0.39 is 0 Å². The third-order valence-electron chi connectivity index (χ3n) is 3.09. The van der Waals surface area contributed by atoms with Gasteiger partial charge < -0.3 is 15.0 Å². The standard InChI is InChI=1S/C16H24N2O3/c1-13(11-17-10-9-15(19)18(2)3)16(20)21-12-14-7-5-4-6-8-14/h4-8,13,17H,9-12H2,1-3H3. The van der Waals surface area contributed by atoms with E-state index in [1.807, 2.05) is 37.3 Å². The molecule has 1 rings (SSSR count). The number of carbonyl (C=O) groups excluding carboxylic acids is 2. The van der Waals surface area contributed by atoms with Crippen LogP contribution in [0.4, 0.5) is 0 Å². The van der Waals surface area contributed by atoms with E-state index in [0.717, 1.165) is 5.56 Å². The highest BCUT2D eigenvalue weighted by molar-refractivity contribution is 5.75. The average Bonchev–Trinajstić information content (AvgIpc) is 2.49. The molecule has 0 fully saturated rings. The summed E-state index contributed by atoms with van der Waals surface area (Å²) >= 11 is 0. The van der Waals surface area contributed by atoms with Crippen LogP contribution in [0.5, 0.6) is 0 Å². The number of esters is 1. The fraction of sp³-hybridized carbons (Fsp3) is 0.500. The summed E-state index contributed by atoms with van der Waals surface area (Å²) in [6, 6.07) is 9.59. The van der Waals surface area contributed by atoms with Crippen molar-refractivity contribution in [1.29, 1.82) is 0 Å². The molecule has 0 heterocycles. The lowest BCUT2D eigenvalue weighted by molar-refractivity contribution is -0.149. The summed E-state index contributed by atoms with van der Waals surface area (Å²) in [6.07, 6.45) is 0.429. The second kappa shape index (κ2) is 9.13. The summed E-state index contributed by atoms with van der Waals surface area (Å²) in [5.74, 6) is -0.393. The van der Waals surface area contributed by atoms with Gasteiger partial charge in [-0.15, -0.1) is 0 Å². The normalized spacial score (nSPS) is 11.8. The molecule has 0 aliphatic carbocycles. The number of ether oxygens (including phenoxy) is 1. The summed E-state index contributed by atoms with van der Waals surface area (Å²) in [5, 5.41) is 3.10. The number of amides is 1. The molecule has 1 amide bonds. The third-order valence-corrected chi connectivity index (χ3v) is 3.09. The van der Waals surface area contributed by atoms with Crippen LogP contribution < -0.4 is 5.32 Å². The lowest BCUT2D eigenvalue weighted by Crippen LogP contribution is -2.31. The highest BCUT2D eigenvalue weighted by Crippen LogP contribution is 2.04. The van der Waals surface area contributed by atoms with Gasteiger partial charge in [-0.3, -0.25) is 9.59 Å². The second-order valence-electron chi connectivity index (χ2n) is 5.24. The van der Waals surface area contributed by atoms with Crippen molar-refractivity contribution >= 4 is 11.9 Å². The van der Waals surface area contributed by atoms with Crippen LogP contribution in [0.25, 0.3) is 0 Å². The monoisotopic (exact) mass is 292 g/mol. The summed E-state index contributed by atoms with van der Waals surface area (Å²) in [4.78, 5) is 24.7. The van der Waals surface area contributed by atoms with Gasteiger partial charge in [-0.25, -0.2) is 0 Å². The van der Waals surface area contributed by atoms with Crippen molar-refractivity contribution in [3.8, 4) is 0 Å². The van der Waals surface area contributed by atoms with Crippen LogP contribution >= 0.6 is 0 Å². The van der Waals surface area contributed by atoms with E-state index >= 15 is 0 Å². The molecule has 1 atom stereocenters. The van der Waals surface area contributed by atoms with Crippen molar-refractivity contribution in [2.75, 3.05) is 27.2 Å². The fourth-order valence-electron chi connectivity index (χ4n) is 1.69. The summed E-state index contributed by atoms with van der Waals surface area (Å²) in [7, 11) is 3.46. The Morgan fingerprint density at radius 2 is 1.90 bits per heavy atom. The van der Waals surface area contributed by atoms with Gasteiger partial charge >= 0.3 is 5.97 Å². The Bertz CT molecular complexity index is 446. The van der Waals surface area contributed by atoms with Crippen LogP contribution in [-0.2, 0) is 20.9 Å². The van der Waals surface area contributed by atoms with Gasteiger partial charge in [0.15, 0.2) is 0 Å². The molecule has 0 saturated carbocycles. The zero-order valence-electron chi connectivity index (χ0n) is 13.0. The maximum atomic E-state index is 11.8. The van der Waals surface area contributed by atoms with Crippen molar-refractivity contribution in [3.63, 3.8) is 0 Å². The number of benzene rings is 1. The first-order valence-corrected chi connectivity index (χ1v) is 7.12. The Labute approximate surface area is 126 Å². The zero-order chi connectivity index (χ0) is 15.7. The number of nitrogens with zero attached hydrogens (tertiary/aromatic N) is 1. The second-order valence-corrected chi connectivity index (χ2v) is 5.24. The molecule has 0 saturated heterocycles. The van der Waals surface area contributed by atoms with Gasteiger partial charge in [-0.05, 0) is 5.56 Å². The predicted octanol–water partition coefficient (Wildman–Crippen LogP) is 1.43. The minimum Gasteiger partial charge on any atom is -0.461 e. The maximum Gasteiger partial charge on any atom is 0.310 e. The smallest absolute Gasteiger partial charge is 0.310 e. The Morgan fingerprint density at radius 3 is 2.52 bits per heavy atom. The average molecular weight is 292 g/mol. The molecule has 0 aromatic heterocycles. The van der Waals surface area contributed by atoms with Gasteiger partial charge in [0.05, 0.1) is 5.92 Å². The van der Waals surface area contributed by atoms with Gasteiger partial charge in [0.1, 0.15) is 6.61 Å². The molecule has 5 heteroatoms. The molecule has 0 aliphatic rings. The van der Waals surface area contributed by atoms with Gasteiger partial charge in [-0.2, -0.15) is 0 Å². The van der Waals surface area contributed by atoms with E-state index in [-0.39, 0.29) is 17.8 Å². The van der Waals surface area contributed by atoms with Crippen LogP contribution in [-0.4, -0.2) is 44.0 Å². The molecule has 116 valence electrons. The molecule has 1 aromatic carbocycles. The summed E-state index contributed by atoms with van der Waals surface area (Å²) in [5.41, 5.74) is 0.975. The molecule has 0 spiro atoms. The van der Waals surface area contributed by atoms with Gasteiger partial charge in [0.2, 0.25) is 5.91 Å². The van der Waals surface area contributed by atoms with Crippen molar-refractivity contribution in [3.05, 3.63) is 35.9 Å². The van der Waals surface area contributed by atoms with Crippen molar-refractivity contribution in [1.82, 2.24) is 10.2 Å². The molecule has 0 aliphatic heterocycles. The SMILES string of the molecule is CC(CNCCC(=O)N(C)C)C(=O)OCc1ccccc1. The van der Waals surface area contributed by atoms with Crippen LogP contribution in [0.15, 0.2) is 30.3 Å². The minimum atomic E-state index is -0.233. The van der Waals surface area contributed by atoms with Crippen molar-refractivity contribution in [2.45, 2.75) is 20.0 Å². The number of carbonyl (C=O) groups is 2. The fourth-order valence-corrected chi connectivity index (χ4v) is 1.69. The van der Waals surface area contributed by atoms with Gasteiger partial charge in [0.25, 0.3) is 0 Å². The lowest BCUT2D eigenvalue weighted by Gasteiger charge is -2.13. The van der Waals surface area contributed by atoms with E-state index in [0.29, 0.717) is 26.1 Å². The number of nitrogens with one attached hydrogen (secondary N) is 1. The first kappa shape index (κ1) is 17.2. The minimum absolute atomic E-state index is 0.0711. The Kier molecular flexibility index (Phi) is 7.46. The first-order chi connectivity index (χ1) is 10.0. The van der Waals surface area contributed by atoms with Crippen LogP contribution in [0, 0.1) is 5.92 Å². The molecular weight excluding hydrogens is 268 g/mol. The first-order valence-electron chi connectivity index (χ1n) is 7.12. The molecule has 1 unspecified atom stereocenters. The quantitative estimate of drug-likeness (QED) is 0.582. The predicted molar refractivity (Wildman–Crippen MR) is 81.6 cm³/mol. The lowest BCUT2D eigenvalue weighted by atomic mass is 10.2. The van der Waals surface area contributed by atoms with E-state index in [1.54, 1.807) is 19.0 Å². The maximum absolute atomic E-state index is 11.8. The highest BCUT2D eigenvalue weighted by atomic mass is 16.5. The van der Waals surface area contributed by atoms with E-state index in [9.17, 15) is 9.59 Å². The largest absolute Gasteiger partial charge is 0.461 e. The Morgan fingerprint density at radius 1 is 1.24 bits per heavy atom. The molecule has 0 radical (unpaired) electrons. The molecule has 0 bridgehead atoms. The van der Waals surface area contributed by atoms with E-state index in [4.69, 9.17) is 4.74 Å². The Balaban J connectivity index is 2.18. The van der Waals surface area contributed by atoms with Gasteiger partial charge in [-0.1, -0.05) is 37.3 Å². The highest BCUT2D eigenvalue weighted by Gasteiger charge is 2.14. The van der Waals surface area contributed by atoms with Crippen LogP contribution in [0.3, 0.4) is 0 Å². The topological polar surface area (TPSA) is 58.6 Å². The molecule has 21 heavy (non-hydrogen) atoms. The summed E-state index contributed by atoms with van der Waals surface area (Å²) in [6.45, 7) is 3.18. The summed E-state index contributed by atoms with van der Waals surface area (Å²) < 4.78 is 5.25. The molecule has 5 nitrogen and oxygen atoms in total. The number of rotatable bonds is 8. The molecule has 1 aromatic rings. The van der Waals surface area contributed by atoms with Gasteiger partial charge in [0, 0.05) is 33.6 Å². The molecular formula is C16H24N2O3. The van der Waals surface area contributed by atoms with E-state index in [1.165, 1.54) is 0 Å². The van der Waals surface area contributed by atoms with Crippen LogP contribution in [0.1, 0.15) is 18.9 Å². The third kappa shape index (κ3) is 6.90. The van der Waals surface area contributed by atoms with Crippen molar-refractivity contribution in [2.24, 2.45) is 5.92 Å².